The second kappa shape index (κ2) is 4.10. The van der Waals surface area contributed by atoms with Crippen LogP contribution in [0.2, 0.25) is 0 Å². The first-order valence-electron chi connectivity index (χ1n) is 6.30. The number of thiazole rings is 1. The van der Waals surface area contributed by atoms with E-state index in [2.05, 4.69) is 40.1 Å². The zero-order chi connectivity index (χ0) is 11.9. The van der Waals surface area contributed by atoms with Crippen LogP contribution >= 0.6 is 11.3 Å². The fourth-order valence-corrected chi connectivity index (χ4v) is 3.37. The van der Waals surface area contributed by atoms with Gasteiger partial charge in [0, 0.05) is 24.7 Å². The lowest BCUT2D eigenvalue weighted by Gasteiger charge is -2.38. The fourth-order valence-electron chi connectivity index (χ4n) is 2.59. The van der Waals surface area contributed by atoms with Gasteiger partial charge in [0.1, 0.15) is 0 Å². The van der Waals surface area contributed by atoms with Gasteiger partial charge in [-0.2, -0.15) is 0 Å². The molecular formula is C13H19N3S. The van der Waals surface area contributed by atoms with E-state index in [0.717, 1.165) is 23.7 Å². The van der Waals surface area contributed by atoms with Gasteiger partial charge in [-0.3, -0.25) is 4.40 Å². The van der Waals surface area contributed by atoms with Gasteiger partial charge in [-0.1, -0.05) is 13.3 Å². The molecule has 17 heavy (non-hydrogen) atoms. The predicted octanol–water partition coefficient (Wildman–Crippen LogP) is 2.98. The summed E-state index contributed by atoms with van der Waals surface area (Å²) >= 11 is 1.70. The molecule has 0 atom stereocenters. The Morgan fingerprint density at radius 1 is 1.53 bits per heavy atom. The third kappa shape index (κ3) is 2.00. The molecule has 0 saturated heterocycles. The van der Waals surface area contributed by atoms with Crippen molar-refractivity contribution < 1.29 is 0 Å². The number of rotatable bonds is 4. The van der Waals surface area contributed by atoms with Crippen molar-refractivity contribution in [2.45, 2.75) is 39.7 Å². The molecule has 2 heterocycles. The molecule has 1 saturated carbocycles. The van der Waals surface area contributed by atoms with Crippen molar-refractivity contribution in [1.29, 1.82) is 0 Å². The van der Waals surface area contributed by atoms with Gasteiger partial charge in [-0.15, -0.1) is 11.3 Å². The van der Waals surface area contributed by atoms with Crippen molar-refractivity contribution in [3.8, 4) is 0 Å². The van der Waals surface area contributed by atoms with E-state index in [0.29, 0.717) is 5.41 Å². The maximum absolute atomic E-state index is 4.56. The van der Waals surface area contributed by atoms with Gasteiger partial charge >= 0.3 is 0 Å². The molecule has 0 aromatic carbocycles. The third-order valence-electron chi connectivity index (χ3n) is 3.97. The predicted molar refractivity (Wildman–Crippen MR) is 71.5 cm³/mol. The molecule has 0 spiro atoms. The largest absolute Gasteiger partial charge is 0.311 e. The van der Waals surface area contributed by atoms with E-state index in [4.69, 9.17) is 0 Å². The minimum Gasteiger partial charge on any atom is -0.311 e. The van der Waals surface area contributed by atoms with Crippen LogP contribution in [0.4, 0.5) is 0 Å². The van der Waals surface area contributed by atoms with Gasteiger partial charge in [0.05, 0.1) is 11.4 Å². The molecule has 4 heteroatoms. The molecule has 3 nitrogen and oxygen atoms in total. The number of nitrogens with one attached hydrogen (secondary N) is 1. The van der Waals surface area contributed by atoms with Crippen LogP contribution in [0, 0.1) is 12.3 Å². The molecule has 0 radical (unpaired) electrons. The van der Waals surface area contributed by atoms with E-state index in [1.807, 2.05) is 0 Å². The molecule has 2 aromatic heterocycles. The summed E-state index contributed by atoms with van der Waals surface area (Å²) in [7, 11) is 0. The first-order valence-corrected chi connectivity index (χ1v) is 7.18. The monoisotopic (exact) mass is 249 g/mol. The second-order valence-electron chi connectivity index (χ2n) is 5.47. The zero-order valence-electron chi connectivity index (χ0n) is 10.5. The fraction of sp³-hybridized carbons (Fsp3) is 0.615. The average Bonchev–Trinajstić information content (AvgIpc) is 2.79. The van der Waals surface area contributed by atoms with E-state index in [-0.39, 0.29) is 0 Å². The van der Waals surface area contributed by atoms with Crippen LogP contribution in [0.5, 0.6) is 0 Å². The van der Waals surface area contributed by atoms with Crippen LogP contribution in [0.25, 0.3) is 4.96 Å². The summed E-state index contributed by atoms with van der Waals surface area (Å²) in [6.45, 7) is 6.54. The van der Waals surface area contributed by atoms with Crippen molar-refractivity contribution >= 4 is 16.3 Å². The highest BCUT2D eigenvalue weighted by molar-refractivity contribution is 7.15. The summed E-state index contributed by atoms with van der Waals surface area (Å²) in [6.07, 6.45) is 6.26. The van der Waals surface area contributed by atoms with E-state index in [9.17, 15) is 0 Å². The number of imidazole rings is 1. The Morgan fingerprint density at radius 3 is 3.06 bits per heavy atom. The Balaban J connectivity index is 1.67. The highest BCUT2D eigenvalue weighted by Crippen LogP contribution is 2.39. The first kappa shape index (κ1) is 11.2. The zero-order valence-corrected chi connectivity index (χ0v) is 11.3. The number of aromatic nitrogens is 2. The lowest BCUT2D eigenvalue weighted by atomic mass is 9.70. The number of fused-ring (bicyclic) bond motifs is 1. The second-order valence-corrected chi connectivity index (χ2v) is 6.34. The molecule has 1 aliphatic carbocycles. The van der Waals surface area contributed by atoms with Crippen LogP contribution in [-0.4, -0.2) is 15.9 Å². The molecule has 3 rings (SSSR count). The van der Waals surface area contributed by atoms with Gasteiger partial charge in [0.15, 0.2) is 4.96 Å². The Bertz CT molecular complexity index is 522. The minimum atomic E-state index is 0.548. The molecule has 1 N–H and O–H groups in total. The summed E-state index contributed by atoms with van der Waals surface area (Å²) in [5.41, 5.74) is 3.01. The van der Waals surface area contributed by atoms with Crippen molar-refractivity contribution in [1.82, 2.24) is 14.7 Å². The normalized spacial score (nSPS) is 18.5. The SMILES string of the molecule is Cc1nc2sccn2c1CNCC1(C)CCC1. The number of aryl methyl sites for hydroxylation is 1. The van der Waals surface area contributed by atoms with Crippen molar-refractivity contribution in [3.05, 3.63) is 23.0 Å². The molecule has 92 valence electrons. The van der Waals surface area contributed by atoms with Crippen molar-refractivity contribution in [2.24, 2.45) is 5.41 Å². The van der Waals surface area contributed by atoms with Crippen molar-refractivity contribution in [3.63, 3.8) is 0 Å². The van der Waals surface area contributed by atoms with Gasteiger partial charge < -0.3 is 5.32 Å². The summed E-state index contributed by atoms with van der Waals surface area (Å²) < 4.78 is 2.20. The quantitative estimate of drug-likeness (QED) is 0.902. The number of hydrogen-bond acceptors (Lipinski definition) is 3. The number of hydrogen-bond donors (Lipinski definition) is 1. The standard InChI is InChI=1S/C13H19N3S/c1-10-11(16-6-7-17-12(16)15-10)8-14-9-13(2)4-3-5-13/h6-7,14H,3-5,8-9H2,1-2H3. The lowest BCUT2D eigenvalue weighted by molar-refractivity contribution is 0.156. The minimum absolute atomic E-state index is 0.548. The number of nitrogens with zero attached hydrogens (tertiary/aromatic N) is 2. The molecule has 1 fully saturated rings. The van der Waals surface area contributed by atoms with Crippen LogP contribution in [0.15, 0.2) is 11.6 Å². The van der Waals surface area contributed by atoms with Crippen molar-refractivity contribution in [2.75, 3.05) is 6.54 Å². The topological polar surface area (TPSA) is 29.3 Å². The van der Waals surface area contributed by atoms with Crippen LogP contribution in [-0.2, 0) is 6.54 Å². The Hall–Kier alpha value is -0.870. The third-order valence-corrected chi connectivity index (χ3v) is 4.72. The van der Waals surface area contributed by atoms with Gasteiger partial charge in [0.25, 0.3) is 0 Å². The van der Waals surface area contributed by atoms with E-state index in [1.165, 1.54) is 25.0 Å². The van der Waals surface area contributed by atoms with E-state index in [1.54, 1.807) is 11.3 Å². The molecule has 0 aliphatic heterocycles. The Labute approximate surface area is 106 Å². The summed E-state index contributed by atoms with van der Waals surface area (Å²) in [6, 6.07) is 0. The average molecular weight is 249 g/mol. The molecular weight excluding hydrogens is 230 g/mol. The van der Waals surface area contributed by atoms with Gasteiger partial charge in [-0.05, 0) is 25.2 Å². The summed E-state index contributed by atoms with van der Waals surface area (Å²) in [5.74, 6) is 0. The van der Waals surface area contributed by atoms with Crippen LogP contribution in [0.1, 0.15) is 37.6 Å². The lowest BCUT2D eigenvalue weighted by Crippen LogP contribution is -2.37. The first-order chi connectivity index (χ1) is 8.18. The smallest absolute Gasteiger partial charge is 0.194 e. The molecule has 1 aliphatic rings. The summed E-state index contributed by atoms with van der Waals surface area (Å²) in [5, 5.41) is 5.69. The highest BCUT2D eigenvalue weighted by atomic mass is 32.1. The van der Waals surface area contributed by atoms with Crippen LogP contribution in [0.3, 0.4) is 0 Å². The molecule has 2 aromatic rings. The maximum atomic E-state index is 4.56. The molecule has 0 unspecified atom stereocenters. The van der Waals surface area contributed by atoms with Gasteiger partial charge in [-0.25, -0.2) is 4.98 Å². The molecule has 0 bridgehead atoms. The maximum Gasteiger partial charge on any atom is 0.194 e. The van der Waals surface area contributed by atoms with Gasteiger partial charge in [0.2, 0.25) is 0 Å². The van der Waals surface area contributed by atoms with Crippen LogP contribution < -0.4 is 5.32 Å². The molecule has 0 amide bonds. The van der Waals surface area contributed by atoms with E-state index < -0.39 is 0 Å². The Morgan fingerprint density at radius 2 is 2.35 bits per heavy atom. The Kier molecular flexibility index (Phi) is 2.71. The highest BCUT2D eigenvalue weighted by Gasteiger charge is 2.31. The summed E-state index contributed by atoms with van der Waals surface area (Å²) in [4.78, 5) is 5.67. The van der Waals surface area contributed by atoms with E-state index >= 15 is 0 Å².